The van der Waals surface area contributed by atoms with Crippen LogP contribution >= 0.6 is 0 Å². The summed E-state index contributed by atoms with van der Waals surface area (Å²) < 4.78 is 0. The van der Waals surface area contributed by atoms with Gasteiger partial charge in [-0.1, -0.05) is 23.8 Å². The quantitative estimate of drug-likeness (QED) is 0.813. The summed E-state index contributed by atoms with van der Waals surface area (Å²) in [4.78, 5) is 14.5. The van der Waals surface area contributed by atoms with Gasteiger partial charge in [-0.2, -0.15) is 0 Å². The van der Waals surface area contributed by atoms with Crippen molar-refractivity contribution < 1.29 is 4.79 Å². The zero-order valence-electron chi connectivity index (χ0n) is 12.6. The van der Waals surface area contributed by atoms with E-state index in [-0.39, 0.29) is 5.91 Å². The lowest BCUT2D eigenvalue weighted by Gasteiger charge is -2.22. The highest BCUT2D eigenvalue weighted by atomic mass is 16.2. The van der Waals surface area contributed by atoms with Gasteiger partial charge in [0.1, 0.15) is 0 Å². The molecule has 0 unspecified atom stereocenters. The topological polar surface area (TPSA) is 20.3 Å². The molecule has 2 aromatic rings. The summed E-state index contributed by atoms with van der Waals surface area (Å²) in [7, 11) is 0. The highest BCUT2D eigenvalue weighted by Crippen LogP contribution is 2.21. The van der Waals surface area contributed by atoms with Gasteiger partial charge in [0.15, 0.2) is 0 Å². The van der Waals surface area contributed by atoms with Crippen LogP contribution in [-0.4, -0.2) is 12.5 Å². The molecule has 0 N–H and O–H groups in total. The third kappa shape index (κ3) is 3.08. The van der Waals surface area contributed by atoms with Gasteiger partial charge in [-0.3, -0.25) is 4.79 Å². The number of benzene rings is 2. The largest absolute Gasteiger partial charge is 0.309 e. The van der Waals surface area contributed by atoms with Crippen LogP contribution in [0.4, 0.5) is 5.69 Å². The van der Waals surface area contributed by atoms with Gasteiger partial charge in [-0.25, -0.2) is 0 Å². The Morgan fingerprint density at radius 1 is 0.900 bits per heavy atom. The Balaban J connectivity index is 2.36. The molecular formula is C18H21NO. The van der Waals surface area contributed by atoms with Gasteiger partial charge in [0.05, 0.1) is 0 Å². The molecule has 0 aliphatic heterocycles. The van der Waals surface area contributed by atoms with E-state index in [9.17, 15) is 4.79 Å². The van der Waals surface area contributed by atoms with Crippen LogP contribution in [-0.2, 0) is 0 Å². The van der Waals surface area contributed by atoms with Crippen LogP contribution in [0.3, 0.4) is 0 Å². The Hall–Kier alpha value is -2.09. The molecule has 0 saturated carbocycles. The number of amides is 1. The monoisotopic (exact) mass is 267 g/mol. The maximum atomic E-state index is 12.6. The van der Waals surface area contributed by atoms with Crippen LogP contribution in [0.2, 0.25) is 0 Å². The molecule has 1 amide bonds. The molecule has 0 spiro atoms. The maximum Gasteiger partial charge on any atom is 0.258 e. The minimum Gasteiger partial charge on any atom is -0.309 e. The summed E-state index contributed by atoms with van der Waals surface area (Å²) >= 11 is 0. The van der Waals surface area contributed by atoms with Gasteiger partial charge in [0, 0.05) is 17.8 Å². The number of aryl methyl sites for hydroxylation is 3. The van der Waals surface area contributed by atoms with E-state index in [4.69, 9.17) is 0 Å². The molecule has 0 aromatic heterocycles. The van der Waals surface area contributed by atoms with Gasteiger partial charge >= 0.3 is 0 Å². The van der Waals surface area contributed by atoms with Crippen LogP contribution in [0, 0.1) is 20.8 Å². The van der Waals surface area contributed by atoms with E-state index in [1.807, 2.05) is 43.0 Å². The lowest BCUT2D eigenvalue weighted by Crippen LogP contribution is -2.30. The lowest BCUT2D eigenvalue weighted by atomic mass is 10.1. The third-order valence-electron chi connectivity index (χ3n) is 3.38. The van der Waals surface area contributed by atoms with Crippen LogP contribution in [0.5, 0.6) is 0 Å². The number of hydrogen-bond donors (Lipinski definition) is 0. The zero-order chi connectivity index (χ0) is 14.7. The van der Waals surface area contributed by atoms with Crippen molar-refractivity contribution in [2.45, 2.75) is 27.7 Å². The molecule has 2 nitrogen and oxygen atoms in total. The Morgan fingerprint density at radius 2 is 1.45 bits per heavy atom. The van der Waals surface area contributed by atoms with Crippen molar-refractivity contribution >= 4 is 11.6 Å². The molecule has 0 atom stereocenters. The lowest BCUT2D eigenvalue weighted by molar-refractivity contribution is 0.0988. The smallest absolute Gasteiger partial charge is 0.258 e. The van der Waals surface area contributed by atoms with Crippen molar-refractivity contribution in [1.82, 2.24) is 0 Å². The van der Waals surface area contributed by atoms with E-state index in [1.54, 1.807) is 0 Å². The fourth-order valence-electron chi connectivity index (χ4n) is 2.40. The first-order chi connectivity index (χ1) is 9.51. The second-order valence-electron chi connectivity index (χ2n) is 5.26. The van der Waals surface area contributed by atoms with Crippen LogP contribution in [0.1, 0.15) is 34.0 Å². The Bertz CT molecular complexity index is 594. The van der Waals surface area contributed by atoms with Gasteiger partial charge in [0.25, 0.3) is 5.91 Å². The van der Waals surface area contributed by atoms with Crippen molar-refractivity contribution in [3.63, 3.8) is 0 Å². The molecule has 20 heavy (non-hydrogen) atoms. The first kappa shape index (κ1) is 14.3. The molecule has 104 valence electrons. The van der Waals surface area contributed by atoms with Crippen LogP contribution in [0.25, 0.3) is 0 Å². The molecule has 2 aromatic carbocycles. The van der Waals surface area contributed by atoms with Gasteiger partial charge in [-0.15, -0.1) is 0 Å². The van der Waals surface area contributed by atoms with E-state index in [0.717, 1.165) is 16.8 Å². The minimum atomic E-state index is 0.0532. The second kappa shape index (κ2) is 5.91. The summed E-state index contributed by atoms with van der Waals surface area (Å²) in [6.45, 7) is 8.80. The van der Waals surface area contributed by atoms with Gasteiger partial charge in [-0.05, 0) is 63.1 Å². The summed E-state index contributed by atoms with van der Waals surface area (Å²) in [6, 6.07) is 14.0. The van der Waals surface area contributed by atoms with Crippen molar-refractivity contribution in [2.24, 2.45) is 0 Å². The number of nitrogens with zero attached hydrogens (tertiary/aromatic N) is 1. The SMILES string of the molecule is CCN(C(=O)c1ccc(C)cc1)c1cc(C)cc(C)c1. The van der Waals surface area contributed by atoms with Gasteiger partial charge in [0.2, 0.25) is 0 Å². The number of anilines is 1. The molecule has 0 fully saturated rings. The van der Waals surface area contributed by atoms with Crippen molar-refractivity contribution in [3.8, 4) is 0 Å². The molecule has 0 saturated heterocycles. The molecule has 0 heterocycles. The molecule has 0 aliphatic rings. The predicted octanol–water partition coefficient (Wildman–Crippen LogP) is 4.28. The number of hydrogen-bond acceptors (Lipinski definition) is 1. The normalized spacial score (nSPS) is 10.4. The standard InChI is InChI=1S/C18H21NO/c1-5-19(17-11-14(3)10-15(4)12-17)18(20)16-8-6-13(2)7-9-16/h6-12H,5H2,1-4H3. The maximum absolute atomic E-state index is 12.6. The Labute approximate surface area is 121 Å². The number of carbonyl (C=O) groups excluding carboxylic acids is 1. The average molecular weight is 267 g/mol. The minimum absolute atomic E-state index is 0.0532. The molecule has 0 radical (unpaired) electrons. The van der Waals surface area contributed by atoms with Crippen molar-refractivity contribution in [3.05, 3.63) is 64.7 Å². The van der Waals surface area contributed by atoms with Crippen LogP contribution in [0.15, 0.2) is 42.5 Å². The van der Waals surface area contributed by atoms with Crippen molar-refractivity contribution in [2.75, 3.05) is 11.4 Å². The van der Waals surface area contributed by atoms with E-state index in [2.05, 4.69) is 32.0 Å². The number of carbonyl (C=O) groups is 1. The molecule has 0 bridgehead atoms. The molecule has 2 rings (SSSR count). The third-order valence-corrected chi connectivity index (χ3v) is 3.38. The van der Waals surface area contributed by atoms with E-state index in [1.165, 1.54) is 11.1 Å². The van der Waals surface area contributed by atoms with Crippen LogP contribution < -0.4 is 4.90 Å². The van der Waals surface area contributed by atoms with E-state index < -0.39 is 0 Å². The summed E-state index contributed by atoms with van der Waals surface area (Å²) in [5.74, 6) is 0.0532. The highest BCUT2D eigenvalue weighted by molar-refractivity contribution is 6.06. The Kier molecular flexibility index (Phi) is 4.23. The first-order valence-corrected chi connectivity index (χ1v) is 6.98. The fourth-order valence-corrected chi connectivity index (χ4v) is 2.40. The van der Waals surface area contributed by atoms with Gasteiger partial charge < -0.3 is 4.90 Å². The Morgan fingerprint density at radius 3 is 1.95 bits per heavy atom. The summed E-state index contributed by atoms with van der Waals surface area (Å²) in [5, 5.41) is 0. The van der Waals surface area contributed by atoms with E-state index >= 15 is 0 Å². The number of rotatable bonds is 3. The highest BCUT2D eigenvalue weighted by Gasteiger charge is 2.16. The van der Waals surface area contributed by atoms with Crippen molar-refractivity contribution in [1.29, 1.82) is 0 Å². The second-order valence-corrected chi connectivity index (χ2v) is 5.26. The molecule has 0 aliphatic carbocycles. The van der Waals surface area contributed by atoms with E-state index in [0.29, 0.717) is 6.54 Å². The first-order valence-electron chi connectivity index (χ1n) is 6.98. The predicted molar refractivity (Wildman–Crippen MR) is 84.4 cm³/mol. The fraction of sp³-hybridized carbons (Fsp3) is 0.278. The molecule has 2 heteroatoms. The summed E-state index contributed by atoms with van der Waals surface area (Å²) in [5.41, 5.74) is 5.22. The zero-order valence-corrected chi connectivity index (χ0v) is 12.6. The summed E-state index contributed by atoms with van der Waals surface area (Å²) in [6.07, 6.45) is 0. The average Bonchev–Trinajstić information content (AvgIpc) is 2.39. The molecular weight excluding hydrogens is 246 g/mol.